The summed E-state index contributed by atoms with van der Waals surface area (Å²) >= 11 is 0. The number of imidazole rings is 1. The third-order valence-corrected chi connectivity index (χ3v) is 4.57. The molecule has 1 atom stereocenters. The highest BCUT2D eigenvalue weighted by atomic mass is 19.1. The molecule has 3 heterocycles. The number of nitrogens with zero attached hydrogens (tertiary/aromatic N) is 4. The van der Waals surface area contributed by atoms with E-state index in [1.54, 1.807) is 6.07 Å². The van der Waals surface area contributed by atoms with E-state index in [0.717, 1.165) is 37.4 Å². The number of aromatic amines is 1. The summed E-state index contributed by atoms with van der Waals surface area (Å²) in [5.41, 5.74) is 1.20. The van der Waals surface area contributed by atoms with Gasteiger partial charge in [0.1, 0.15) is 11.3 Å². The molecule has 1 aromatic carbocycles. The topological polar surface area (TPSA) is 49.7 Å². The van der Waals surface area contributed by atoms with Gasteiger partial charge in [0.15, 0.2) is 5.82 Å². The summed E-state index contributed by atoms with van der Waals surface area (Å²) in [6.07, 6.45) is 7.42. The quantitative estimate of drug-likeness (QED) is 0.805. The molecule has 1 aliphatic rings. The average Bonchev–Trinajstić information content (AvgIpc) is 3.19. The SMILES string of the molecule is Fc1cccc2[nH]c(CN3CCCC[C@@H]3Cn3cccn3)nc12. The van der Waals surface area contributed by atoms with Crippen LogP contribution in [0.15, 0.2) is 36.7 Å². The van der Waals surface area contributed by atoms with E-state index in [1.807, 2.05) is 29.2 Å². The minimum absolute atomic E-state index is 0.267. The van der Waals surface area contributed by atoms with Crippen molar-refractivity contribution < 1.29 is 4.39 Å². The molecule has 2 aromatic heterocycles. The highest BCUT2D eigenvalue weighted by molar-refractivity contribution is 5.75. The van der Waals surface area contributed by atoms with E-state index in [1.165, 1.54) is 18.9 Å². The summed E-state index contributed by atoms with van der Waals surface area (Å²) in [5.74, 6) is 0.564. The Balaban J connectivity index is 1.53. The van der Waals surface area contributed by atoms with Crippen LogP contribution in [-0.4, -0.2) is 37.2 Å². The summed E-state index contributed by atoms with van der Waals surface area (Å²) in [6, 6.07) is 7.43. The minimum Gasteiger partial charge on any atom is -0.341 e. The van der Waals surface area contributed by atoms with Crippen molar-refractivity contribution in [1.29, 1.82) is 0 Å². The van der Waals surface area contributed by atoms with Gasteiger partial charge in [-0.3, -0.25) is 9.58 Å². The molecule has 23 heavy (non-hydrogen) atoms. The Morgan fingerprint density at radius 1 is 1.26 bits per heavy atom. The van der Waals surface area contributed by atoms with E-state index in [-0.39, 0.29) is 5.82 Å². The van der Waals surface area contributed by atoms with Gasteiger partial charge in [0.05, 0.1) is 18.6 Å². The molecule has 6 heteroatoms. The van der Waals surface area contributed by atoms with Crippen molar-refractivity contribution in [2.75, 3.05) is 6.54 Å². The van der Waals surface area contributed by atoms with Crippen molar-refractivity contribution in [2.45, 2.75) is 38.4 Å². The first-order valence-corrected chi connectivity index (χ1v) is 8.14. The Morgan fingerprint density at radius 2 is 2.22 bits per heavy atom. The van der Waals surface area contributed by atoms with Gasteiger partial charge in [-0.2, -0.15) is 5.10 Å². The van der Waals surface area contributed by atoms with Crippen LogP contribution in [0.4, 0.5) is 4.39 Å². The van der Waals surface area contributed by atoms with Crippen molar-refractivity contribution in [1.82, 2.24) is 24.6 Å². The van der Waals surface area contributed by atoms with Crippen LogP contribution in [-0.2, 0) is 13.1 Å². The summed E-state index contributed by atoms with van der Waals surface area (Å²) in [6.45, 7) is 2.66. The molecule has 3 aromatic rings. The molecule has 5 nitrogen and oxygen atoms in total. The lowest BCUT2D eigenvalue weighted by Gasteiger charge is -2.35. The number of nitrogens with one attached hydrogen (secondary N) is 1. The Bertz CT molecular complexity index is 779. The molecule has 0 unspecified atom stereocenters. The summed E-state index contributed by atoms with van der Waals surface area (Å²) < 4.78 is 15.8. The van der Waals surface area contributed by atoms with Crippen molar-refractivity contribution in [3.8, 4) is 0 Å². The molecule has 1 fully saturated rings. The maximum absolute atomic E-state index is 13.8. The standard InChI is InChI=1S/C17H20FN5/c18-14-6-3-7-15-17(14)21-16(20-15)12-22-9-2-1-5-13(22)11-23-10-4-8-19-23/h3-4,6-8,10,13H,1-2,5,9,11-12H2,(H,20,21)/t13-/m1/s1. The van der Waals surface area contributed by atoms with Gasteiger partial charge in [0, 0.05) is 18.4 Å². The van der Waals surface area contributed by atoms with E-state index in [4.69, 9.17) is 0 Å². The van der Waals surface area contributed by atoms with Gasteiger partial charge in [-0.25, -0.2) is 9.37 Å². The van der Waals surface area contributed by atoms with Crippen LogP contribution < -0.4 is 0 Å². The molecular weight excluding hydrogens is 293 g/mol. The molecule has 1 N–H and O–H groups in total. The van der Waals surface area contributed by atoms with Gasteiger partial charge in [-0.05, 0) is 37.6 Å². The number of aromatic nitrogens is 4. The van der Waals surface area contributed by atoms with Crippen molar-refractivity contribution in [2.24, 2.45) is 0 Å². The van der Waals surface area contributed by atoms with Gasteiger partial charge in [-0.1, -0.05) is 12.5 Å². The number of para-hydroxylation sites is 1. The first-order chi connectivity index (χ1) is 11.3. The van der Waals surface area contributed by atoms with Crippen molar-refractivity contribution in [3.05, 3.63) is 48.3 Å². The molecule has 0 amide bonds. The summed E-state index contributed by atoms with van der Waals surface area (Å²) in [7, 11) is 0. The smallest absolute Gasteiger partial charge is 0.151 e. The number of benzene rings is 1. The molecule has 0 aliphatic carbocycles. The second kappa shape index (κ2) is 6.12. The zero-order valence-corrected chi connectivity index (χ0v) is 13.0. The molecule has 0 radical (unpaired) electrons. The van der Waals surface area contributed by atoms with E-state index in [9.17, 15) is 4.39 Å². The normalized spacial score (nSPS) is 19.4. The number of piperidine rings is 1. The third-order valence-electron chi connectivity index (χ3n) is 4.57. The van der Waals surface area contributed by atoms with E-state index >= 15 is 0 Å². The molecule has 1 aliphatic heterocycles. The minimum atomic E-state index is -0.267. The highest BCUT2D eigenvalue weighted by Gasteiger charge is 2.24. The Morgan fingerprint density at radius 3 is 3.04 bits per heavy atom. The van der Waals surface area contributed by atoms with Crippen LogP contribution in [0.2, 0.25) is 0 Å². The van der Waals surface area contributed by atoms with Gasteiger partial charge >= 0.3 is 0 Å². The highest BCUT2D eigenvalue weighted by Crippen LogP contribution is 2.22. The maximum atomic E-state index is 13.8. The number of hydrogen-bond donors (Lipinski definition) is 1. The van der Waals surface area contributed by atoms with E-state index in [2.05, 4.69) is 20.0 Å². The van der Waals surface area contributed by atoms with E-state index < -0.39 is 0 Å². The van der Waals surface area contributed by atoms with Gasteiger partial charge in [0.2, 0.25) is 0 Å². The third kappa shape index (κ3) is 2.99. The van der Waals surface area contributed by atoms with Gasteiger partial charge in [0.25, 0.3) is 0 Å². The lowest BCUT2D eigenvalue weighted by Crippen LogP contribution is -2.41. The Labute approximate surface area is 134 Å². The van der Waals surface area contributed by atoms with Crippen LogP contribution in [0.25, 0.3) is 11.0 Å². The first-order valence-electron chi connectivity index (χ1n) is 8.14. The fraction of sp³-hybridized carbons (Fsp3) is 0.412. The first kappa shape index (κ1) is 14.4. The predicted molar refractivity (Wildman–Crippen MR) is 86.3 cm³/mol. The largest absolute Gasteiger partial charge is 0.341 e. The number of likely N-dealkylation sites (tertiary alicyclic amines) is 1. The van der Waals surface area contributed by atoms with Crippen LogP contribution in [0, 0.1) is 5.82 Å². The second-order valence-electron chi connectivity index (χ2n) is 6.17. The lowest BCUT2D eigenvalue weighted by molar-refractivity contribution is 0.119. The molecule has 0 saturated carbocycles. The number of halogens is 1. The molecular formula is C17H20FN5. The Hall–Kier alpha value is -2.21. The van der Waals surface area contributed by atoms with E-state index in [0.29, 0.717) is 11.6 Å². The number of hydrogen-bond acceptors (Lipinski definition) is 3. The molecule has 4 rings (SSSR count). The monoisotopic (exact) mass is 313 g/mol. The van der Waals surface area contributed by atoms with Gasteiger partial charge in [-0.15, -0.1) is 0 Å². The number of H-pyrrole nitrogens is 1. The second-order valence-corrected chi connectivity index (χ2v) is 6.17. The van der Waals surface area contributed by atoms with Gasteiger partial charge < -0.3 is 4.98 Å². The number of fused-ring (bicyclic) bond motifs is 1. The zero-order chi connectivity index (χ0) is 15.6. The van der Waals surface area contributed by atoms with Crippen molar-refractivity contribution in [3.63, 3.8) is 0 Å². The molecule has 0 bridgehead atoms. The zero-order valence-electron chi connectivity index (χ0n) is 13.0. The van der Waals surface area contributed by atoms with Crippen LogP contribution in [0.3, 0.4) is 0 Å². The van der Waals surface area contributed by atoms with Crippen LogP contribution in [0.5, 0.6) is 0 Å². The molecule has 1 saturated heterocycles. The molecule has 0 spiro atoms. The van der Waals surface area contributed by atoms with Crippen LogP contribution >= 0.6 is 0 Å². The number of rotatable bonds is 4. The molecule has 120 valence electrons. The maximum Gasteiger partial charge on any atom is 0.151 e. The fourth-order valence-electron chi connectivity index (χ4n) is 3.41. The predicted octanol–water partition coefficient (Wildman–Crippen LogP) is 2.95. The fourth-order valence-corrected chi connectivity index (χ4v) is 3.41. The Kier molecular flexibility index (Phi) is 3.83. The van der Waals surface area contributed by atoms with Crippen molar-refractivity contribution >= 4 is 11.0 Å². The van der Waals surface area contributed by atoms with Crippen LogP contribution in [0.1, 0.15) is 25.1 Å². The summed E-state index contributed by atoms with van der Waals surface area (Å²) in [5, 5.41) is 4.32. The lowest BCUT2D eigenvalue weighted by atomic mass is 10.0. The average molecular weight is 313 g/mol. The summed E-state index contributed by atoms with van der Waals surface area (Å²) in [4.78, 5) is 10.1.